The predicted octanol–water partition coefficient (Wildman–Crippen LogP) is 3.18. The van der Waals surface area contributed by atoms with Gasteiger partial charge in [-0.25, -0.2) is 0 Å². The Bertz CT molecular complexity index is 258. The lowest BCUT2D eigenvalue weighted by molar-refractivity contribution is 0.0870. The first-order valence-electron chi connectivity index (χ1n) is 4.79. The number of rotatable bonds is 5. The van der Waals surface area contributed by atoms with E-state index in [0.717, 1.165) is 23.9 Å². The fourth-order valence-corrected chi connectivity index (χ4v) is 1.18. The van der Waals surface area contributed by atoms with E-state index in [1.807, 2.05) is 38.1 Å². The van der Waals surface area contributed by atoms with Crippen LogP contribution in [-0.2, 0) is 4.74 Å². The van der Waals surface area contributed by atoms with Crippen molar-refractivity contribution in [2.75, 3.05) is 18.5 Å². The van der Waals surface area contributed by atoms with Crippen molar-refractivity contribution >= 4 is 17.3 Å². The number of benzene rings is 1. The number of ether oxygens (including phenoxy) is 1. The van der Waals surface area contributed by atoms with E-state index in [0.29, 0.717) is 6.10 Å². The van der Waals surface area contributed by atoms with E-state index in [1.165, 1.54) is 0 Å². The Kier molecular flexibility index (Phi) is 4.77. The molecule has 0 atom stereocenters. The second-order valence-corrected chi connectivity index (χ2v) is 3.79. The summed E-state index contributed by atoms with van der Waals surface area (Å²) in [4.78, 5) is 0. The Morgan fingerprint density at radius 2 is 1.93 bits per heavy atom. The lowest BCUT2D eigenvalue weighted by Gasteiger charge is -2.09. The van der Waals surface area contributed by atoms with E-state index < -0.39 is 0 Å². The second-order valence-electron chi connectivity index (χ2n) is 3.35. The molecule has 0 saturated carbocycles. The van der Waals surface area contributed by atoms with Crippen molar-refractivity contribution in [2.45, 2.75) is 20.0 Å². The smallest absolute Gasteiger partial charge is 0.0642 e. The molecule has 0 fully saturated rings. The summed E-state index contributed by atoms with van der Waals surface area (Å²) in [5.41, 5.74) is 1.07. The van der Waals surface area contributed by atoms with Crippen LogP contribution in [0.5, 0.6) is 0 Å². The average Bonchev–Trinajstić information content (AvgIpc) is 2.15. The molecule has 3 heteroatoms. The molecule has 0 heterocycles. The van der Waals surface area contributed by atoms with Crippen LogP contribution in [0.15, 0.2) is 24.3 Å². The van der Waals surface area contributed by atoms with Crippen LogP contribution in [0.3, 0.4) is 0 Å². The minimum atomic E-state index is 0.294. The largest absolute Gasteiger partial charge is 0.383 e. The molecule has 78 valence electrons. The lowest BCUT2D eigenvalue weighted by Crippen LogP contribution is -2.12. The number of hydrogen-bond donors (Lipinski definition) is 1. The number of halogens is 1. The predicted molar refractivity (Wildman–Crippen MR) is 61.0 cm³/mol. The van der Waals surface area contributed by atoms with E-state index in [2.05, 4.69) is 5.32 Å². The van der Waals surface area contributed by atoms with Gasteiger partial charge in [0, 0.05) is 17.3 Å². The maximum absolute atomic E-state index is 5.76. The van der Waals surface area contributed by atoms with Gasteiger partial charge in [0.15, 0.2) is 0 Å². The van der Waals surface area contributed by atoms with Crippen LogP contribution in [0.4, 0.5) is 5.69 Å². The van der Waals surface area contributed by atoms with Gasteiger partial charge in [0.25, 0.3) is 0 Å². The molecule has 0 aliphatic rings. The highest BCUT2D eigenvalue weighted by atomic mass is 35.5. The van der Waals surface area contributed by atoms with Crippen LogP contribution in [-0.4, -0.2) is 19.3 Å². The fraction of sp³-hybridized carbons (Fsp3) is 0.455. The van der Waals surface area contributed by atoms with Crippen molar-refractivity contribution in [1.29, 1.82) is 0 Å². The molecule has 0 bridgehead atoms. The van der Waals surface area contributed by atoms with E-state index in [1.54, 1.807) is 0 Å². The third kappa shape index (κ3) is 4.49. The highest BCUT2D eigenvalue weighted by Gasteiger charge is 1.94. The average molecular weight is 214 g/mol. The van der Waals surface area contributed by atoms with Crippen molar-refractivity contribution in [3.63, 3.8) is 0 Å². The first kappa shape index (κ1) is 11.3. The molecule has 1 aromatic rings. The van der Waals surface area contributed by atoms with Crippen molar-refractivity contribution < 1.29 is 4.74 Å². The van der Waals surface area contributed by atoms with Gasteiger partial charge in [-0.05, 0) is 38.1 Å². The third-order valence-electron chi connectivity index (χ3n) is 1.73. The maximum atomic E-state index is 5.76. The van der Waals surface area contributed by atoms with Gasteiger partial charge in [-0.1, -0.05) is 11.6 Å². The van der Waals surface area contributed by atoms with Crippen LogP contribution >= 0.6 is 11.6 Å². The van der Waals surface area contributed by atoms with Crippen molar-refractivity contribution in [1.82, 2.24) is 0 Å². The number of anilines is 1. The van der Waals surface area contributed by atoms with Crippen LogP contribution in [0, 0.1) is 0 Å². The van der Waals surface area contributed by atoms with Gasteiger partial charge in [0.05, 0.1) is 12.7 Å². The molecule has 0 unspecified atom stereocenters. The van der Waals surface area contributed by atoms with Crippen LogP contribution in [0.2, 0.25) is 5.02 Å². The Hall–Kier alpha value is -0.730. The summed E-state index contributed by atoms with van der Waals surface area (Å²) in [7, 11) is 0. The normalized spacial score (nSPS) is 10.6. The lowest BCUT2D eigenvalue weighted by atomic mass is 10.3. The van der Waals surface area contributed by atoms with Gasteiger partial charge < -0.3 is 10.1 Å². The minimum Gasteiger partial charge on any atom is -0.383 e. The number of nitrogens with one attached hydrogen (secondary N) is 1. The Morgan fingerprint density at radius 3 is 2.50 bits per heavy atom. The monoisotopic (exact) mass is 213 g/mol. The van der Waals surface area contributed by atoms with Crippen molar-refractivity contribution in [2.24, 2.45) is 0 Å². The molecule has 1 rings (SSSR count). The van der Waals surface area contributed by atoms with E-state index in [4.69, 9.17) is 16.3 Å². The number of hydrogen-bond acceptors (Lipinski definition) is 2. The summed E-state index contributed by atoms with van der Waals surface area (Å²) in [6.45, 7) is 5.60. The zero-order valence-corrected chi connectivity index (χ0v) is 9.34. The first-order chi connectivity index (χ1) is 6.68. The molecular weight excluding hydrogens is 198 g/mol. The van der Waals surface area contributed by atoms with Crippen LogP contribution in [0.1, 0.15) is 13.8 Å². The molecule has 0 aliphatic carbocycles. The van der Waals surface area contributed by atoms with Crippen LogP contribution in [0.25, 0.3) is 0 Å². The molecule has 14 heavy (non-hydrogen) atoms. The Labute approximate surface area is 90.2 Å². The summed E-state index contributed by atoms with van der Waals surface area (Å²) in [5.74, 6) is 0. The molecule has 1 N–H and O–H groups in total. The van der Waals surface area contributed by atoms with Crippen LogP contribution < -0.4 is 5.32 Å². The molecule has 0 radical (unpaired) electrons. The topological polar surface area (TPSA) is 21.3 Å². The second kappa shape index (κ2) is 5.89. The van der Waals surface area contributed by atoms with Gasteiger partial charge in [0.2, 0.25) is 0 Å². The molecule has 2 nitrogen and oxygen atoms in total. The molecule has 0 spiro atoms. The first-order valence-corrected chi connectivity index (χ1v) is 5.17. The van der Waals surface area contributed by atoms with Gasteiger partial charge >= 0.3 is 0 Å². The third-order valence-corrected chi connectivity index (χ3v) is 1.98. The maximum Gasteiger partial charge on any atom is 0.0642 e. The van der Waals surface area contributed by atoms with Gasteiger partial charge in [-0.15, -0.1) is 0 Å². The van der Waals surface area contributed by atoms with Gasteiger partial charge in [0.1, 0.15) is 0 Å². The summed E-state index contributed by atoms with van der Waals surface area (Å²) in [6.07, 6.45) is 0.294. The van der Waals surface area contributed by atoms with E-state index in [-0.39, 0.29) is 0 Å². The Balaban J connectivity index is 2.21. The van der Waals surface area contributed by atoms with E-state index in [9.17, 15) is 0 Å². The summed E-state index contributed by atoms with van der Waals surface area (Å²) in [6, 6.07) is 7.65. The molecule has 0 saturated heterocycles. The SMILES string of the molecule is CC(C)OCCNc1ccc(Cl)cc1. The summed E-state index contributed by atoms with van der Waals surface area (Å²) < 4.78 is 5.40. The van der Waals surface area contributed by atoms with Crippen molar-refractivity contribution in [3.05, 3.63) is 29.3 Å². The minimum absolute atomic E-state index is 0.294. The highest BCUT2D eigenvalue weighted by Crippen LogP contribution is 2.12. The summed E-state index contributed by atoms with van der Waals surface area (Å²) >= 11 is 5.76. The fourth-order valence-electron chi connectivity index (χ4n) is 1.06. The van der Waals surface area contributed by atoms with Gasteiger partial charge in [-0.3, -0.25) is 0 Å². The zero-order valence-electron chi connectivity index (χ0n) is 8.59. The molecular formula is C11H16ClNO. The van der Waals surface area contributed by atoms with E-state index >= 15 is 0 Å². The quantitative estimate of drug-likeness (QED) is 0.759. The molecule has 0 aromatic heterocycles. The van der Waals surface area contributed by atoms with Crippen molar-refractivity contribution in [3.8, 4) is 0 Å². The molecule has 1 aromatic carbocycles. The highest BCUT2D eigenvalue weighted by molar-refractivity contribution is 6.30. The van der Waals surface area contributed by atoms with Gasteiger partial charge in [-0.2, -0.15) is 0 Å². The molecule has 0 amide bonds. The molecule has 0 aliphatic heterocycles. The standard InChI is InChI=1S/C11H16ClNO/c1-9(2)14-8-7-13-11-5-3-10(12)4-6-11/h3-6,9,13H,7-8H2,1-2H3. The Morgan fingerprint density at radius 1 is 1.29 bits per heavy atom. The zero-order chi connectivity index (χ0) is 10.4. The summed E-state index contributed by atoms with van der Waals surface area (Å²) in [5, 5.41) is 4.00.